The lowest BCUT2D eigenvalue weighted by molar-refractivity contribution is 0.0170. The second kappa shape index (κ2) is 6.63. The number of carbonyl (C=O) groups excluding carboxylic acids is 2. The first-order valence-electron chi connectivity index (χ1n) is 8.80. The summed E-state index contributed by atoms with van der Waals surface area (Å²) in [5, 5.41) is 10.2. The Morgan fingerprint density at radius 2 is 2.04 bits per heavy atom. The molecule has 0 aromatic carbocycles. The molecule has 2 aliphatic heterocycles. The molecule has 1 amide bonds. The smallest absolute Gasteiger partial charge is 0.275 e. The lowest BCUT2D eigenvalue weighted by Gasteiger charge is -2.42. The van der Waals surface area contributed by atoms with Crippen molar-refractivity contribution in [3.63, 3.8) is 0 Å². The highest BCUT2D eigenvalue weighted by Gasteiger charge is 2.40. The van der Waals surface area contributed by atoms with Crippen LogP contribution in [0.5, 0.6) is 5.75 Å². The van der Waals surface area contributed by atoms with Gasteiger partial charge in [-0.2, -0.15) is 0 Å². The summed E-state index contributed by atoms with van der Waals surface area (Å²) in [7, 11) is 0. The van der Waals surface area contributed by atoms with Crippen molar-refractivity contribution in [2.24, 2.45) is 11.8 Å². The second-order valence-corrected chi connectivity index (χ2v) is 7.60. The zero-order chi connectivity index (χ0) is 18.3. The van der Waals surface area contributed by atoms with Crippen LogP contribution in [-0.2, 0) is 6.54 Å². The van der Waals surface area contributed by atoms with Gasteiger partial charge in [-0.05, 0) is 18.3 Å². The summed E-state index contributed by atoms with van der Waals surface area (Å²) < 4.78 is 1.56. The summed E-state index contributed by atoms with van der Waals surface area (Å²) in [6, 6.07) is 0. The van der Waals surface area contributed by atoms with Gasteiger partial charge in [0.15, 0.2) is 17.7 Å². The van der Waals surface area contributed by atoms with Gasteiger partial charge in [-0.25, -0.2) is 0 Å². The van der Waals surface area contributed by atoms with Gasteiger partial charge in [0.25, 0.3) is 5.91 Å². The highest BCUT2D eigenvalue weighted by atomic mass is 16.3. The maximum absolute atomic E-state index is 13.0. The fourth-order valence-electron chi connectivity index (χ4n) is 3.87. The Morgan fingerprint density at radius 3 is 2.68 bits per heavy atom. The fourth-order valence-corrected chi connectivity index (χ4v) is 3.87. The van der Waals surface area contributed by atoms with Gasteiger partial charge in [-0.3, -0.25) is 19.3 Å². The molecule has 2 unspecified atom stereocenters. The summed E-state index contributed by atoms with van der Waals surface area (Å²) in [6.45, 7) is 9.26. The van der Waals surface area contributed by atoms with E-state index in [9.17, 15) is 19.5 Å². The SMILES string of the molecule is CC(C)CN1CC(C)CCN2C(=O)c3c(O)c(=O)c(C=O)cn3CC12. The lowest BCUT2D eigenvalue weighted by atomic mass is 10.1. The van der Waals surface area contributed by atoms with E-state index in [0.717, 1.165) is 19.5 Å². The highest BCUT2D eigenvalue weighted by Crippen LogP contribution is 2.29. The van der Waals surface area contributed by atoms with Crippen molar-refractivity contribution in [3.8, 4) is 5.75 Å². The Hall–Kier alpha value is -2.15. The van der Waals surface area contributed by atoms with Crippen molar-refractivity contribution in [1.82, 2.24) is 14.4 Å². The Bertz CT molecular complexity index is 755. The van der Waals surface area contributed by atoms with Gasteiger partial charge in [-0.15, -0.1) is 0 Å². The first-order chi connectivity index (χ1) is 11.8. The number of nitrogens with zero attached hydrogens (tertiary/aromatic N) is 3. The van der Waals surface area contributed by atoms with Crippen molar-refractivity contribution in [2.45, 2.75) is 39.9 Å². The van der Waals surface area contributed by atoms with Gasteiger partial charge >= 0.3 is 0 Å². The molecule has 0 bridgehead atoms. The average molecular weight is 347 g/mol. The first-order valence-corrected chi connectivity index (χ1v) is 8.80. The summed E-state index contributed by atoms with van der Waals surface area (Å²) in [4.78, 5) is 40.2. The highest BCUT2D eigenvalue weighted by molar-refractivity contribution is 5.96. The van der Waals surface area contributed by atoms with E-state index in [0.29, 0.717) is 31.2 Å². The van der Waals surface area contributed by atoms with Crippen LogP contribution < -0.4 is 5.43 Å². The van der Waals surface area contributed by atoms with E-state index in [1.54, 1.807) is 9.47 Å². The maximum Gasteiger partial charge on any atom is 0.275 e. The van der Waals surface area contributed by atoms with E-state index in [1.165, 1.54) is 6.20 Å². The van der Waals surface area contributed by atoms with Gasteiger partial charge in [0, 0.05) is 25.8 Å². The number of carbonyl (C=O) groups is 2. The van der Waals surface area contributed by atoms with Crippen molar-refractivity contribution in [2.75, 3.05) is 19.6 Å². The predicted octanol–water partition coefficient (Wildman–Crippen LogP) is 1.15. The summed E-state index contributed by atoms with van der Waals surface area (Å²) in [5.41, 5.74) is -0.916. The Kier molecular flexibility index (Phi) is 4.69. The first kappa shape index (κ1) is 17.7. The minimum absolute atomic E-state index is 0.00843. The maximum atomic E-state index is 13.0. The molecule has 3 heterocycles. The molecule has 7 nitrogen and oxygen atoms in total. The zero-order valence-electron chi connectivity index (χ0n) is 14.9. The van der Waals surface area contributed by atoms with Crippen LogP contribution >= 0.6 is 0 Å². The molecule has 25 heavy (non-hydrogen) atoms. The molecule has 1 fully saturated rings. The third-order valence-electron chi connectivity index (χ3n) is 5.02. The molecule has 136 valence electrons. The van der Waals surface area contributed by atoms with Crippen LogP contribution in [0.3, 0.4) is 0 Å². The Labute approximate surface area is 146 Å². The molecule has 1 aromatic rings. The molecular formula is C18H25N3O4. The Morgan fingerprint density at radius 1 is 1.32 bits per heavy atom. The molecule has 1 saturated heterocycles. The molecule has 2 atom stereocenters. The van der Waals surface area contributed by atoms with Gasteiger partial charge < -0.3 is 14.6 Å². The molecule has 1 N–H and O–H groups in total. The topological polar surface area (TPSA) is 82.8 Å². The number of rotatable bonds is 3. The molecule has 0 saturated carbocycles. The van der Waals surface area contributed by atoms with Crippen LogP contribution in [0.25, 0.3) is 0 Å². The van der Waals surface area contributed by atoms with Crippen LogP contribution in [0.15, 0.2) is 11.0 Å². The monoisotopic (exact) mass is 347 g/mol. The normalized spacial score (nSPS) is 24.0. The van der Waals surface area contributed by atoms with E-state index in [-0.39, 0.29) is 23.3 Å². The van der Waals surface area contributed by atoms with E-state index in [1.807, 2.05) is 0 Å². The second-order valence-electron chi connectivity index (χ2n) is 7.60. The molecular weight excluding hydrogens is 322 g/mol. The number of amides is 1. The summed E-state index contributed by atoms with van der Waals surface area (Å²) in [6.07, 6.45) is 2.57. The van der Waals surface area contributed by atoms with Gasteiger partial charge in [0.2, 0.25) is 5.43 Å². The lowest BCUT2D eigenvalue weighted by Crippen LogP contribution is -2.57. The minimum atomic E-state index is -0.782. The van der Waals surface area contributed by atoms with E-state index in [2.05, 4.69) is 25.7 Å². The number of hydrogen-bond donors (Lipinski definition) is 1. The van der Waals surface area contributed by atoms with Crippen LogP contribution in [0.1, 0.15) is 48.0 Å². The van der Waals surface area contributed by atoms with Gasteiger partial charge in [-0.1, -0.05) is 20.8 Å². The molecule has 1 aromatic heterocycles. The molecule has 0 radical (unpaired) electrons. The fraction of sp³-hybridized carbons (Fsp3) is 0.611. The molecule has 0 spiro atoms. The summed E-state index contributed by atoms with van der Waals surface area (Å²) in [5.74, 6) is -0.0528. The third kappa shape index (κ3) is 3.08. The van der Waals surface area contributed by atoms with E-state index in [4.69, 9.17) is 0 Å². The number of aromatic nitrogens is 1. The number of aromatic hydroxyl groups is 1. The molecule has 3 rings (SSSR count). The van der Waals surface area contributed by atoms with Crippen molar-refractivity contribution in [1.29, 1.82) is 0 Å². The number of pyridine rings is 1. The van der Waals surface area contributed by atoms with Gasteiger partial charge in [0.05, 0.1) is 12.1 Å². The van der Waals surface area contributed by atoms with Crippen molar-refractivity contribution in [3.05, 3.63) is 27.7 Å². The van der Waals surface area contributed by atoms with Crippen LogP contribution in [0, 0.1) is 11.8 Å². The van der Waals surface area contributed by atoms with Crippen LogP contribution in [-0.4, -0.2) is 57.5 Å². The van der Waals surface area contributed by atoms with E-state index >= 15 is 0 Å². The minimum Gasteiger partial charge on any atom is -0.503 e. The van der Waals surface area contributed by atoms with Crippen LogP contribution in [0.2, 0.25) is 0 Å². The quantitative estimate of drug-likeness (QED) is 0.829. The largest absolute Gasteiger partial charge is 0.503 e. The van der Waals surface area contributed by atoms with Crippen LogP contribution in [0.4, 0.5) is 0 Å². The molecule has 0 aliphatic carbocycles. The number of fused-ring (bicyclic) bond motifs is 2. The van der Waals surface area contributed by atoms with E-state index < -0.39 is 11.2 Å². The number of hydrogen-bond acceptors (Lipinski definition) is 5. The standard InChI is InChI=1S/C18H25N3O4/c1-11(2)6-19-7-12(3)4-5-21-14(19)9-20-8-13(10-22)16(23)17(24)15(20)18(21)25/h8,10-12,14,24H,4-7,9H2,1-3H3. The zero-order valence-corrected chi connectivity index (χ0v) is 14.9. The Balaban J connectivity index is 2.08. The summed E-state index contributed by atoms with van der Waals surface area (Å²) >= 11 is 0. The third-order valence-corrected chi connectivity index (χ3v) is 5.02. The van der Waals surface area contributed by atoms with Gasteiger partial charge in [0.1, 0.15) is 6.17 Å². The molecule has 2 aliphatic rings. The predicted molar refractivity (Wildman–Crippen MR) is 92.8 cm³/mol. The molecule has 7 heteroatoms. The van der Waals surface area contributed by atoms with Crippen molar-refractivity contribution >= 4 is 12.2 Å². The van der Waals surface area contributed by atoms with Crippen molar-refractivity contribution < 1.29 is 14.7 Å². The average Bonchev–Trinajstić information content (AvgIpc) is 2.69. The number of aldehydes is 1.